The van der Waals surface area contributed by atoms with E-state index in [0.717, 1.165) is 17.1 Å². The Morgan fingerprint density at radius 1 is 1.18 bits per heavy atom. The smallest absolute Gasteiger partial charge is 0.425 e. The lowest BCUT2D eigenvalue weighted by Crippen LogP contribution is -2.32. The lowest BCUT2D eigenvalue weighted by Gasteiger charge is -2.21. The Labute approximate surface area is 163 Å². The third-order valence-corrected chi connectivity index (χ3v) is 4.77. The molecule has 11 heteroatoms. The van der Waals surface area contributed by atoms with Crippen molar-refractivity contribution in [3.8, 4) is 6.01 Å². The number of thiazole rings is 1. The molecule has 0 saturated heterocycles. The van der Waals surface area contributed by atoms with E-state index in [1.807, 2.05) is 26.0 Å². The average molecular weight is 412 g/mol. The van der Waals surface area contributed by atoms with Crippen LogP contribution in [-0.2, 0) is 0 Å². The van der Waals surface area contributed by atoms with Crippen LogP contribution in [0.2, 0.25) is 0 Å². The topological polar surface area (TPSA) is 76.1 Å². The van der Waals surface area contributed by atoms with Crippen LogP contribution in [0.25, 0.3) is 10.2 Å². The largest absolute Gasteiger partial charge is 0.451 e. The van der Waals surface area contributed by atoms with E-state index in [4.69, 9.17) is 4.74 Å². The van der Waals surface area contributed by atoms with Crippen molar-refractivity contribution in [2.75, 3.05) is 23.3 Å². The first-order chi connectivity index (χ1) is 13.3. The molecule has 0 aliphatic carbocycles. The van der Waals surface area contributed by atoms with Crippen LogP contribution in [0, 0.1) is 0 Å². The molecule has 1 N–H and O–H groups in total. The summed E-state index contributed by atoms with van der Waals surface area (Å²) in [6.07, 6.45) is -6.56. The van der Waals surface area contributed by atoms with Crippen LogP contribution >= 0.6 is 11.3 Å². The fourth-order valence-electron chi connectivity index (χ4n) is 2.39. The number of hydrogen-bond donors (Lipinski definition) is 1. The van der Waals surface area contributed by atoms with Crippen molar-refractivity contribution in [3.05, 3.63) is 23.7 Å². The molecule has 0 saturated carbocycles. The van der Waals surface area contributed by atoms with Gasteiger partial charge in [-0.15, -0.1) is 11.3 Å². The highest BCUT2D eigenvalue weighted by Crippen LogP contribution is 2.27. The van der Waals surface area contributed by atoms with E-state index in [0.29, 0.717) is 18.8 Å². The summed E-state index contributed by atoms with van der Waals surface area (Å²) in [5.74, 6) is 0.343. The molecule has 3 aromatic rings. The average Bonchev–Trinajstić information content (AvgIpc) is 3.09. The fraction of sp³-hybridized carbons (Fsp3) is 0.412. The zero-order valence-electron chi connectivity index (χ0n) is 15.5. The van der Waals surface area contributed by atoms with E-state index in [1.54, 1.807) is 16.5 Å². The standard InChI is InChI=1S/C17H19F3N6OS/c1-4-26(5-2)15-23-14(24-16(25-15)27-10(3)17(18,19)20)22-11-6-7-12-13(8-11)28-9-21-12/h6-10H,4-5H2,1-3H3,(H,22,23,24,25). The van der Waals surface area contributed by atoms with Gasteiger partial charge in [-0.25, -0.2) is 4.98 Å². The van der Waals surface area contributed by atoms with Crippen LogP contribution in [0.1, 0.15) is 20.8 Å². The summed E-state index contributed by atoms with van der Waals surface area (Å²) in [5, 5.41) is 3.01. The summed E-state index contributed by atoms with van der Waals surface area (Å²) in [6, 6.07) is 5.11. The summed E-state index contributed by atoms with van der Waals surface area (Å²) < 4.78 is 44.5. The van der Waals surface area contributed by atoms with Crippen LogP contribution in [0.3, 0.4) is 0 Å². The molecule has 0 bridgehead atoms. The molecular formula is C17H19F3N6OS. The lowest BCUT2D eigenvalue weighted by molar-refractivity contribution is -0.190. The number of hydrogen-bond acceptors (Lipinski definition) is 8. The van der Waals surface area contributed by atoms with Gasteiger partial charge in [0.2, 0.25) is 11.9 Å². The number of ether oxygens (including phenoxy) is 1. The minimum Gasteiger partial charge on any atom is -0.451 e. The Balaban J connectivity index is 1.93. The minimum absolute atomic E-state index is 0.102. The Kier molecular flexibility index (Phi) is 5.82. The predicted molar refractivity (Wildman–Crippen MR) is 102 cm³/mol. The number of alkyl halides is 3. The van der Waals surface area contributed by atoms with Gasteiger partial charge < -0.3 is 15.0 Å². The molecule has 0 aliphatic heterocycles. The zero-order chi connectivity index (χ0) is 20.3. The van der Waals surface area contributed by atoms with Gasteiger partial charge in [0, 0.05) is 18.8 Å². The lowest BCUT2D eigenvalue weighted by atomic mass is 10.3. The van der Waals surface area contributed by atoms with Crippen LogP contribution in [0.5, 0.6) is 6.01 Å². The molecule has 0 fully saturated rings. The molecule has 1 atom stereocenters. The van der Waals surface area contributed by atoms with Gasteiger partial charge in [0.1, 0.15) is 0 Å². The van der Waals surface area contributed by atoms with Crippen molar-refractivity contribution in [3.63, 3.8) is 0 Å². The second-order valence-electron chi connectivity index (χ2n) is 5.88. The minimum atomic E-state index is -4.52. The van der Waals surface area contributed by atoms with E-state index in [9.17, 15) is 13.2 Å². The highest BCUT2D eigenvalue weighted by Gasteiger charge is 2.38. The highest BCUT2D eigenvalue weighted by atomic mass is 32.1. The van der Waals surface area contributed by atoms with Gasteiger partial charge in [0.15, 0.2) is 6.10 Å². The number of aromatic nitrogens is 4. The van der Waals surface area contributed by atoms with E-state index in [2.05, 4.69) is 25.3 Å². The summed E-state index contributed by atoms with van der Waals surface area (Å²) in [4.78, 5) is 18.4. The van der Waals surface area contributed by atoms with Gasteiger partial charge in [-0.2, -0.15) is 28.1 Å². The maximum Gasteiger partial charge on any atom is 0.425 e. The second-order valence-corrected chi connectivity index (χ2v) is 6.76. The summed E-state index contributed by atoms with van der Waals surface area (Å²) >= 11 is 1.48. The molecule has 1 aromatic carbocycles. The number of rotatable bonds is 7. The molecular weight excluding hydrogens is 393 g/mol. The molecule has 2 heterocycles. The Morgan fingerprint density at radius 3 is 2.61 bits per heavy atom. The van der Waals surface area contributed by atoms with Crippen molar-refractivity contribution in [1.29, 1.82) is 0 Å². The quantitative estimate of drug-likeness (QED) is 0.616. The van der Waals surface area contributed by atoms with Crippen LogP contribution in [0.15, 0.2) is 23.7 Å². The normalized spacial score (nSPS) is 12.8. The summed E-state index contributed by atoms with van der Waals surface area (Å²) in [5.41, 5.74) is 3.28. The molecule has 28 heavy (non-hydrogen) atoms. The SMILES string of the molecule is CCN(CC)c1nc(Nc2ccc3ncsc3c2)nc(OC(C)C(F)(F)F)n1. The number of anilines is 3. The monoisotopic (exact) mass is 412 g/mol. The fourth-order valence-corrected chi connectivity index (χ4v) is 3.11. The molecule has 0 spiro atoms. The first kappa shape index (κ1) is 20.1. The Morgan fingerprint density at radius 2 is 1.93 bits per heavy atom. The van der Waals surface area contributed by atoms with Crippen LogP contribution in [-0.4, -0.2) is 45.3 Å². The first-order valence-corrected chi connectivity index (χ1v) is 9.52. The number of halogens is 3. The Bertz CT molecular complexity index is 944. The predicted octanol–water partition coefficient (Wildman–Crippen LogP) is 4.40. The van der Waals surface area contributed by atoms with Gasteiger partial charge in [0.25, 0.3) is 0 Å². The van der Waals surface area contributed by atoms with Gasteiger partial charge in [-0.3, -0.25) is 0 Å². The molecule has 1 unspecified atom stereocenters. The van der Waals surface area contributed by atoms with E-state index < -0.39 is 12.3 Å². The third-order valence-electron chi connectivity index (χ3n) is 3.98. The number of nitrogens with zero attached hydrogens (tertiary/aromatic N) is 5. The van der Waals surface area contributed by atoms with Crippen molar-refractivity contribution < 1.29 is 17.9 Å². The summed E-state index contributed by atoms with van der Waals surface area (Å²) in [7, 11) is 0. The molecule has 7 nitrogen and oxygen atoms in total. The van der Waals surface area contributed by atoms with Crippen molar-refractivity contribution in [2.45, 2.75) is 33.1 Å². The highest BCUT2D eigenvalue weighted by molar-refractivity contribution is 7.16. The second kappa shape index (κ2) is 8.13. The van der Waals surface area contributed by atoms with Gasteiger partial charge in [0.05, 0.1) is 15.7 Å². The maximum atomic E-state index is 12.9. The maximum absolute atomic E-state index is 12.9. The molecule has 0 amide bonds. The van der Waals surface area contributed by atoms with Gasteiger partial charge >= 0.3 is 12.2 Å². The Hall–Kier alpha value is -2.69. The van der Waals surface area contributed by atoms with E-state index in [1.165, 1.54) is 11.3 Å². The number of fused-ring (bicyclic) bond motifs is 1. The molecule has 3 rings (SSSR count). The first-order valence-electron chi connectivity index (χ1n) is 8.64. The van der Waals surface area contributed by atoms with Crippen molar-refractivity contribution in [2.24, 2.45) is 0 Å². The van der Waals surface area contributed by atoms with Crippen molar-refractivity contribution >= 4 is 39.1 Å². The van der Waals surface area contributed by atoms with Crippen LogP contribution < -0.4 is 15.0 Å². The van der Waals surface area contributed by atoms with E-state index in [-0.39, 0.29) is 17.9 Å². The molecule has 150 valence electrons. The molecule has 2 aromatic heterocycles. The number of benzene rings is 1. The third kappa shape index (κ3) is 4.58. The molecule has 0 aliphatic rings. The van der Waals surface area contributed by atoms with Gasteiger partial charge in [-0.05, 0) is 39.0 Å². The van der Waals surface area contributed by atoms with Crippen molar-refractivity contribution in [1.82, 2.24) is 19.9 Å². The van der Waals surface area contributed by atoms with Crippen LogP contribution in [0.4, 0.5) is 30.8 Å². The van der Waals surface area contributed by atoms with E-state index >= 15 is 0 Å². The zero-order valence-corrected chi connectivity index (χ0v) is 16.3. The molecule has 0 radical (unpaired) electrons. The van der Waals surface area contributed by atoms with Gasteiger partial charge in [-0.1, -0.05) is 0 Å². The summed E-state index contributed by atoms with van der Waals surface area (Å²) in [6.45, 7) is 5.88. The number of nitrogens with one attached hydrogen (secondary N) is 1.